The van der Waals surface area contributed by atoms with Crippen molar-refractivity contribution in [2.45, 2.75) is 32.7 Å². The molecule has 2 amide bonds. The zero-order valence-corrected chi connectivity index (χ0v) is 12.4. The molecule has 6 nitrogen and oxygen atoms in total. The highest BCUT2D eigenvalue weighted by atomic mass is 16.5. The number of rotatable bonds is 4. The van der Waals surface area contributed by atoms with Crippen molar-refractivity contribution < 1.29 is 14.3 Å². The average Bonchev–Trinajstić information content (AvgIpc) is 2.48. The van der Waals surface area contributed by atoms with Gasteiger partial charge in [0, 0.05) is 24.8 Å². The number of likely N-dealkylation sites (tertiary alicyclic amines) is 1. The van der Waals surface area contributed by atoms with Gasteiger partial charge in [0.05, 0.1) is 18.1 Å². The molecule has 1 aliphatic heterocycles. The predicted octanol–water partition coefficient (Wildman–Crippen LogP) is 1.21. The molecule has 1 fully saturated rings. The summed E-state index contributed by atoms with van der Waals surface area (Å²) in [5.74, 6) is -0.231. The van der Waals surface area contributed by atoms with E-state index in [0.717, 1.165) is 12.8 Å². The van der Waals surface area contributed by atoms with Crippen LogP contribution in [0.4, 0.5) is 0 Å². The Morgan fingerprint density at radius 2 is 2.19 bits per heavy atom. The van der Waals surface area contributed by atoms with Crippen LogP contribution in [0, 0.1) is 5.92 Å². The Balaban J connectivity index is 2.11. The number of carbonyl (C=O) groups excluding carboxylic acids is 2. The maximum Gasteiger partial charge on any atom is 0.255 e. The molecule has 21 heavy (non-hydrogen) atoms. The largest absolute Gasteiger partial charge is 0.478 e. The molecular weight excluding hydrogens is 270 g/mol. The number of carbonyl (C=O) groups is 2. The molecule has 114 valence electrons. The van der Waals surface area contributed by atoms with E-state index in [0.29, 0.717) is 24.6 Å². The summed E-state index contributed by atoms with van der Waals surface area (Å²) in [4.78, 5) is 29.7. The van der Waals surface area contributed by atoms with Gasteiger partial charge in [0.1, 0.15) is 0 Å². The highest BCUT2D eigenvalue weighted by Gasteiger charge is 2.32. The molecule has 1 aromatic heterocycles. The van der Waals surface area contributed by atoms with Gasteiger partial charge >= 0.3 is 0 Å². The minimum atomic E-state index is -0.343. The fourth-order valence-electron chi connectivity index (χ4n) is 2.53. The van der Waals surface area contributed by atoms with Crippen molar-refractivity contribution in [3.63, 3.8) is 0 Å². The number of nitrogens with two attached hydrogens (primary N) is 1. The summed E-state index contributed by atoms with van der Waals surface area (Å²) in [6.07, 6.45) is 3.03. The van der Waals surface area contributed by atoms with Crippen molar-refractivity contribution in [1.82, 2.24) is 9.88 Å². The van der Waals surface area contributed by atoms with E-state index in [2.05, 4.69) is 4.98 Å². The van der Waals surface area contributed by atoms with Gasteiger partial charge in [-0.15, -0.1) is 0 Å². The summed E-state index contributed by atoms with van der Waals surface area (Å²) in [6, 6.07) is 3.47. The van der Waals surface area contributed by atoms with Gasteiger partial charge in [-0.3, -0.25) is 9.59 Å². The summed E-state index contributed by atoms with van der Waals surface area (Å²) in [5, 5.41) is 0. The van der Waals surface area contributed by atoms with E-state index in [1.165, 1.54) is 6.20 Å². The van der Waals surface area contributed by atoms with Crippen LogP contribution in [0.5, 0.6) is 5.88 Å². The lowest BCUT2D eigenvalue weighted by atomic mass is 9.92. The van der Waals surface area contributed by atoms with Gasteiger partial charge in [0.25, 0.3) is 5.91 Å². The Bertz CT molecular complexity index is 515. The van der Waals surface area contributed by atoms with Gasteiger partial charge in [-0.05, 0) is 32.8 Å². The molecule has 0 bridgehead atoms. The van der Waals surface area contributed by atoms with E-state index in [-0.39, 0.29) is 23.8 Å². The highest BCUT2D eigenvalue weighted by Crippen LogP contribution is 2.23. The molecule has 6 heteroatoms. The quantitative estimate of drug-likeness (QED) is 0.903. The van der Waals surface area contributed by atoms with Crippen LogP contribution in [0.2, 0.25) is 0 Å². The molecule has 2 atom stereocenters. The van der Waals surface area contributed by atoms with Crippen molar-refractivity contribution in [2.24, 2.45) is 11.7 Å². The van der Waals surface area contributed by atoms with E-state index >= 15 is 0 Å². The molecule has 0 unspecified atom stereocenters. The summed E-state index contributed by atoms with van der Waals surface area (Å²) in [7, 11) is 0. The third-order valence-corrected chi connectivity index (χ3v) is 3.82. The number of piperidine rings is 1. The lowest BCUT2D eigenvalue weighted by Gasteiger charge is -2.36. The Morgan fingerprint density at radius 3 is 2.76 bits per heavy atom. The van der Waals surface area contributed by atoms with Crippen LogP contribution in [0.1, 0.15) is 37.0 Å². The molecular formula is C15H21N3O3. The van der Waals surface area contributed by atoms with Crippen LogP contribution in [-0.4, -0.2) is 40.9 Å². The Morgan fingerprint density at radius 1 is 1.43 bits per heavy atom. The Labute approximate surface area is 124 Å². The second-order valence-electron chi connectivity index (χ2n) is 5.30. The molecule has 1 aromatic rings. The lowest BCUT2D eigenvalue weighted by Crippen LogP contribution is -2.48. The van der Waals surface area contributed by atoms with Crippen LogP contribution >= 0.6 is 0 Å². The van der Waals surface area contributed by atoms with Gasteiger partial charge in [-0.1, -0.05) is 0 Å². The molecule has 1 aliphatic rings. The first-order chi connectivity index (χ1) is 10.0. The first kappa shape index (κ1) is 15.3. The predicted molar refractivity (Wildman–Crippen MR) is 77.8 cm³/mol. The Hall–Kier alpha value is -2.11. The minimum Gasteiger partial charge on any atom is -0.478 e. The minimum absolute atomic E-state index is 0.0969. The third kappa shape index (κ3) is 3.51. The fourth-order valence-corrected chi connectivity index (χ4v) is 2.53. The molecule has 0 aliphatic carbocycles. The van der Waals surface area contributed by atoms with Gasteiger partial charge in [0.2, 0.25) is 11.8 Å². The number of ether oxygens (including phenoxy) is 1. The number of hydrogen-bond donors (Lipinski definition) is 1. The molecule has 0 spiro atoms. The van der Waals surface area contributed by atoms with Crippen molar-refractivity contribution >= 4 is 11.8 Å². The molecule has 0 aromatic carbocycles. The normalized spacial score (nSPS) is 21.9. The molecule has 2 rings (SSSR count). The van der Waals surface area contributed by atoms with Crippen LogP contribution in [0.3, 0.4) is 0 Å². The van der Waals surface area contributed by atoms with E-state index in [1.807, 2.05) is 13.8 Å². The van der Waals surface area contributed by atoms with Crippen molar-refractivity contribution in [3.05, 3.63) is 23.9 Å². The molecule has 1 saturated heterocycles. The van der Waals surface area contributed by atoms with E-state index in [9.17, 15) is 9.59 Å². The SMILES string of the molecule is CCOc1ccc(C(=O)N2C[C@@H](C(N)=O)CC[C@H]2C)cn1. The van der Waals surface area contributed by atoms with Gasteiger partial charge in [-0.25, -0.2) is 4.98 Å². The van der Waals surface area contributed by atoms with Crippen molar-refractivity contribution in [2.75, 3.05) is 13.2 Å². The monoisotopic (exact) mass is 291 g/mol. The molecule has 0 radical (unpaired) electrons. The number of aromatic nitrogens is 1. The number of pyridine rings is 1. The molecule has 0 saturated carbocycles. The standard InChI is InChI=1S/C15H21N3O3/c1-3-21-13-7-6-11(8-17-13)15(20)18-9-12(14(16)19)5-4-10(18)2/h6-8,10,12H,3-5,9H2,1-2H3,(H2,16,19)/t10-,12+/m1/s1. The van der Waals surface area contributed by atoms with Gasteiger partial charge in [0.15, 0.2) is 0 Å². The lowest BCUT2D eigenvalue weighted by molar-refractivity contribution is -0.123. The number of primary amides is 1. The number of hydrogen-bond acceptors (Lipinski definition) is 4. The van der Waals surface area contributed by atoms with E-state index < -0.39 is 0 Å². The topological polar surface area (TPSA) is 85.5 Å². The number of amides is 2. The fraction of sp³-hybridized carbons (Fsp3) is 0.533. The van der Waals surface area contributed by atoms with Crippen LogP contribution in [0.15, 0.2) is 18.3 Å². The van der Waals surface area contributed by atoms with Crippen LogP contribution < -0.4 is 10.5 Å². The summed E-state index contributed by atoms with van der Waals surface area (Å²) >= 11 is 0. The third-order valence-electron chi connectivity index (χ3n) is 3.82. The van der Waals surface area contributed by atoms with E-state index in [4.69, 9.17) is 10.5 Å². The van der Waals surface area contributed by atoms with E-state index in [1.54, 1.807) is 17.0 Å². The second-order valence-corrected chi connectivity index (χ2v) is 5.30. The maximum atomic E-state index is 12.5. The van der Waals surface area contributed by atoms with Crippen LogP contribution in [0.25, 0.3) is 0 Å². The average molecular weight is 291 g/mol. The summed E-state index contributed by atoms with van der Waals surface area (Å²) in [5.41, 5.74) is 5.86. The summed E-state index contributed by atoms with van der Waals surface area (Å²) in [6.45, 7) is 4.77. The zero-order chi connectivity index (χ0) is 15.4. The van der Waals surface area contributed by atoms with Gasteiger partial charge < -0.3 is 15.4 Å². The molecule has 2 N–H and O–H groups in total. The van der Waals surface area contributed by atoms with Gasteiger partial charge in [-0.2, -0.15) is 0 Å². The van der Waals surface area contributed by atoms with Crippen molar-refractivity contribution in [3.8, 4) is 5.88 Å². The van der Waals surface area contributed by atoms with Crippen LogP contribution in [-0.2, 0) is 4.79 Å². The summed E-state index contributed by atoms with van der Waals surface area (Å²) < 4.78 is 5.26. The zero-order valence-electron chi connectivity index (χ0n) is 12.4. The first-order valence-corrected chi connectivity index (χ1v) is 7.22. The second kappa shape index (κ2) is 6.56. The number of nitrogens with zero attached hydrogens (tertiary/aromatic N) is 2. The first-order valence-electron chi connectivity index (χ1n) is 7.22. The molecule has 2 heterocycles. The maximum absolute atomic E-state index is 12.5. The van der Waals surface area contributed by atoms with Crippen molar-refractivity contribution in [1.29, 1.82) is 0 Å². The Kier molecular flexibility index (Phi) is 4.77. The highest BCUT2D eigenvalue weighted by molar-refractivity contribution is 5.94. The smallest absolute Gasteiger partial charge is 0.255 e.